The molecular formula is C45H88ClNO2. The Balaban J connectivity index is 0.0000120. The van der Waals surface area contributed by atoms with Crippen molar-refractivity contribution in [2.45, 2.75) is 238 Å². The largest absolute Gasteiger partial charge is 0.462 e. The summed E-state index contributed by atoms with van der Waals surface area (Å²) in [5.41, 5.74) is 0. The van der Waals surface area contributed by atoms with E-state index in [0.29, 0.717) is 6.42 Å². The Morgan fingerprint density at radius 3 is 1.18 bits per heavy atom. The zero-order valence-corrected chi connectivity index (χ0v) is 34.6. The van der Waals surface area contributed by atoms with Crippen molar-refractivity contribution < 1.29 is 9.53 Å². The van der Waals surface area contributed by atoms with Gasteiger partial charge in [0, 0.05) is 6.42 Å². The number of hydrogen-bond donors (Lipinski definition) is 0. The summed E-state index contributed by atoms with van der Waals surface area (Å²) >= 11 is 0. The van der Waals surface area contributed by atoms with Crippen LogP contribution in [-0.2, 0) is 9.53 Å². The second-order valence-electron chi connectivity index (χ2n) is 17.0. The Kier molecular flexibility index (Phi) is 30.9. The van der Waals surface area contributed by atoms with Gasteiger partial charge in [-0.05, 0) is 89.3 Å². The van der Waals surface area contributed by atoms with E-state index < -0.39 is 0 Å². The molecule has 292 valence electrons. The topological polar surface area (TPSA) is 29.5 Å². The van der Waals surface area contributed by atoms with E-state index >= 15 is 0 Å². The number of hydrogen-bond acceptors (Lipinski definition) is 3. The predicted octanol–water partition coefficient (Wildman–Crippen LogP) is 14.7. The molecule has 4 unspecified atom stereocenters. The van der Waals surface area contributed by atoms with Gasteiger partial charge in [0.25, 0.3) is 0 Å². The molecule has 0 amide bonds. The molecule has 2 aliphatic carbocycles. The van der Waals surface area contributed by atoms with Crippen molar-refractivity contribution in [3.63, 3.8) is 0 Å². The minimum absolute atomic E-state index is 0. The Labute approximate surface area is 314 Å². The molecule has 0 aromatic carbocycles. The zero-order chi connectivity index (χ0) is 34.5. The van der Waals surface area contributed by atoms with Gasteiger partial charge >= 0.3 is 5.97 Å². The number of unbranched alkanes of at least 4 members (excludes halogenated alkanes) is 20. The monoisotopic (exact) mass is 710 g/mol. The molecule has 0 bridgehead atoms. The van der Waals surface area contributed by atoms with Crippen LogP contribution < -0.4 is 0 Å². The normalized spacial score (nSPS) is 20.3. The maximum atomic E-state index is 12.6. The minimum atomic E-state index is 0. The third-order valence-electron chi connectivity index (χ3n) is 12.0. The number of carbonyl (C=O) groups is 1. The molecule has 2 saturated carbocycles. The Morgan fingerprint density at radius 2 is 0.837 bits per heavy atom. The summed E-state index contributed by atoms with van der Waals surface area (Å²) in [6.45, 7) is 5.58. The molecule has 0 aromatic heterocycles. The van der Waals surface area contributed by atoms with E-state index in [1.54, 1.807) is 0 Å². The van der Waals surface area contributed by atoms with Gasteiger partial charge in [0.15, 0.2) is 0 Å². The van der Waals surface area contributed by atoms with E-state index in [1.807, 2.05) is 0 Å². The smallest absolute Gasteiger partial charge is 0.306 e. The zero-order valence-electron chi connectivity index (χ0n) is 33.8. The lowest BCUT2D eigenvalue weighted by Crippen LogP contribution is -2.20. The molecule has 49 heavy (non-hydrogen) atoms. The number of nitrogens with zero attached hydrogens (tertiary/aromatic N) is 1. The fourth-order valence-corrected chi connectivity index (χ4v) is 8.43. The molecule has 0 heterocycles. The van der Waals surface area contributed by atoms with Crippen LogP contribution in [0.25, 0.3) is 0 Å². The van der Waals surface area contributed by atoms with E-state index in [1.165, 1.54) is 193 Å². The Hall–Kier alpha value is -0.280. The molecule has 0 spiro atoms. The number of esters is 1. The lowest BCUT2D eigenvalue weighted by Gasteiger charge is -2.18. The van der Waals surface area contributed by atoms with Crippen LogP contribution in [0.3, 0.4) is 0 Å². The van der Waals surface area contributed by atoms with Gasteiger partial charge in [-0.25, -0.2) is 0 Å². The second-order valence-corrected chi connectivity index (χ2v) is 17.0. The predicted molar refractivity (Wildman–Crippen MR) is 218 cm³/mol. The molecule has 2 aliphatic rings. The summed E-state index contributed by atoms with van der Waals surface area (Å²) in [6, 6.07) is 0. The van der Waals surface area contributed by atoms with E-state index in [2.05, 4.69) is 32.8 Å². The minimum Gasteiger partial charge on any atom is -0.462 e. The molecule has 0 aliphatic heterocycles. The second kappa shape index (κ2) is 32.4. The van der Waals surface area contributed by atoms with E-state index in [9.17, 15) is 4.79 Å². The average molecular weight is 711 g/mol. The first-order valence-corrected chi connectivity index (χ1v) is 22.4. The molecule has 0 N–H and O–H groups in total. The van der Waals surface area contributed by atoms with Crippen LogP contribution in [0, 0.1) is 23.7 Å². The molecule has 4 heteroatoms. The Morgan fingerprint density at radius 1 is 0.510 bits per heavy atom. The molecule has 2 rings (SSSR count). The van der Waals surface area contributed by atoms with Crippen LogP contribution in [0.5, 0.6) is 0 Å². The van der Waals surface area contributed by atoms with Crippen molar-refractivity contribution in [3.8, 4) is 0 Å². The molecule has 0 aromatic rings. The summed E-state index contributed by atoms with van der Waals surface area (Å²) in [6.07, 6.45) is 46.4. The van der Waals surface area contributed by atoms with E-state index in [-0.39, 0.29) is 24.5 Å². The number of ether oxygens (including phenoxy) is 1. The van der Waals surface area contributed by atoms with Gasteiger partial charge in [-0.2, -0.15) is 0 Å². The highest BCUT2D eigenvalue weighted by molar-refractivity contribution is 5.85. The van der Waals surface area contributed by atoms with Crippen LogP contribution in [0.4, 0.5) is 0 Å². The van der Waals surface area contributed by atoms with Crippen LogP contribution >= 0.6 is 12.4 Å². The maximum absolute atomic E-state index is 12.6. The summed E-state index contributed by atoms with van der Waals surface area (Å²) < 4.78 is 6.06. The van der Waals surface area contributed by atoms with Gasteiger partial charge in [-0.1, -0.05) is 181 Å². The molecule has 4 atom stereocenters. The Bertz CT molecular complexity index is 683. The highest BCUT2D eigenvalue weighted by Crippen LogP contribution is 2.46. The van der Waals surface area contributed by atoms with Gasteiger partial charge in [0.2, 0.25) is 0 Å². The first-order valence-electron chi connectivity index (χ1n) is 22.4. The van der Waals surface area contributed by atoms with E-state index in [4.69, 9.17) is 4.74 Å². The number of rotatable bonds is 37. The van der Waals surface area contributed by atoms with E-state index in [0.717, 1.165) is 49.5 Å². The van der Waals surface area contributed by atoms with Crippen LogP contribution in [0.1, 0.15) is 232 Å². The summed E-state index contributed by atoms with van der Waals surface area (Å²) in [5.74, 6) is 4.34. The fourth-order valence-electron chi connectivity index (χ4n) is 8.43. The highest BCUT2D eigenvalue weighted by Gasteiger charge is 2.35. The van der Waals surface area contributed by atoms with Crippen molar-refractivity contribution in [1.29, 1.82) is 0 Å². The average Bonchev–Trinajstić information content (AvgIpc) is 3.99. The lowest BCUT2D eigenvalue weighted by molar-refractivity contribution is -0.150. The van der Waals surface area contributed by atoms with Gasteiger partial charge in [-0.3, -0.25) is 4.79 Å². The third kappa shape index (κ3) is 28.0. The van der Waals surface area contributed by atoms with Gasteiger partial charge in [0.1, 0.15) is 6.10 Å². The van der Waals surface area contributed by atoms with Crippen molar-refractivity contribution in [3.05, 3.63) is 0 Å². The van der Waals surface area contributed by atoms with Crippen molar-refractivity contribution in [2.24, 2.45) is 23.7 Å². The maximum Gasteiger partial charge on any atom is 0.306 e. The summed E-state index contributed by atoms with van der Waals surface area (Å²) in [7, 11) is 4.15. The third-order valence-corrected chi connectivity index (χ3v) is 12.0. The molecule has 0 radical (unpaired) electrons. The summed E-state index contributed by atoms with van der Waals surface area (Å²) in [5, 5.41) is 0. The highest BCUT2D eigenvalue weighted by atomic mass is 35.5. The van der Waals surface area contributed by atoms with Crippen LogP contribution in [0.15, 0.2) is 0 Å². The van der Waals surface area contributed by atoms with Crippen molar-refractivity contribution in [1.82, 2.24) is 4.90 Å². The quantitative estimate of drug-likeness (QED) is 0.0475. The molecular weight excluding hydrogens is 622 g/mol. The van der Waals surface area contributed by atoms with Gasteiger partial charge in [0.05, 0.1) is 0 Å². The lowest BCUT2D eigenvalue weighted by atomic mass is 10.0. The molecule has 0 saturated heterocycles. The summed E-state index contributed by atoms with van der Waals surface area (Å²) in [4.78, 5) is 14.8. The fraction of sp³-hybridized carbons (Fsp3) is 0.978. The van der Waals surface area contributed by atoms with Crippen LogP contribution in [-0.4, -0.2) is 37.6 Å². The first-order chi connectivity index (χ1) is 23.5. The number of carbonyl (C=O) groups excluding carboxylic acids is 1. The van der Waals surface area contributed by atoms with Crippen molar-refractivity contribution >= 4 is 18.4 Å². The van der Waals surface area contributed by atoms with Gasteiger partial charge < -0.3 is 9.64 Å². The van der Waals surface area contributed by atoms with Crippen molar-refractivity contribution in [2.75, 3.05) is 20.6 Å². The standard InChI is InChI=1S/C45H87NO2.ClH/c1-5-7-9-11-17-23-30-40-38-42(40)32-25-19-13-15-21-27-34-44(48-45(47)36-29-37-46(3)4)35-28-22-16-14-20-26-33-43-39-41(43)31-24-18-12-10-8-6-2;/h40-44H,5-39H2,1-4H3;1H. The first kappa shape index (κ1) is 46.7. The molecule has 3 nitrogen and oxygen atoms in total. The van der Waals surface area contributed by atoms with Gasteiger partial charge in [-0.15, -0.1) is 12.4 Å². The van der Waals surface area contributed by atoms with Crippen LogP contribution in [0.2, 0.25) is 0 Å². The SMILES string of the molecule is CCCCCCCCC1CC1CCCCCCCCC(CCCCCCCCC1CC1CCCCCCCC)OC(=O)CCCN(C)C.Cl. The number of halogens is 1. The molecule has 2 fully saturated rings.